The number of hydrogen-bond acceptors (Lipinski definition) is 7. The van der Waals surface area contributed by atoms with E-state index in [9.17, 15) is 22.9 Å². The minimum atomic E-state index is -3.93. The second-order valence-electron chi connectivity index (χ2n) is 10.1. The lowest BCUT2D eigenvalue weighted by Crippen LogP contribution is -2.43. The second-order valence-corrected chi connectivity index (χ2v) is 13.8. The van der Waals surface area contributed by atoms with Crippen molar-refractivity contribution in [3.05, 3.63) is 65.4 Å². The number of aliphatic hydroxyl groups excluding tert-OH is 1. The number of amides is 1. The van der Waals surface area contributed by atoms with Crippen molar-refractivity contribution in [2.45, 2.75) is 40.3 Å². The molecule has 0 spiro atoms. The van der Waals surface area contributed by atoms with Crippen LogP contribution < -0.4 is 15.3 Å². The van der Waals surface area contributed by atoms with Gasteiger partial charge in [0, 0.05) is 12.2 Å². The van der Waals surface area contributed by atoms with Gasteiger partial charge in [0.25, 0.3) is 5.91 Å². The quantitative estimate of drug-likeness (QED) is 0.446. The van der Waals surface area contributed by atoms with Crippen LogP contribution in [0, 0.1) is 5.41 Å². The molecule has 12 heteroatoms. The Balaban J connectivity index is 1.79. The lowest BCUT2D eigenvalue weighted by atomic mass is 9.85. The fraction of sp³-hybridized carbons (Fsp3) is 0.360. The van der Waals surface area contributed by atoms with Gasteiger partial charge >= 0.3 is 7.52 Å². The summed E-state index contributed by atoms with van der Waals surface area (Å²) in [5.74, 6) is -0.670. The lowest BCUT2D eigenvalue weighted by Gasteiger charge is -2.35. The van der Waals surface area contributed by atoms with Gasteiger partial charge in [0.2, 0.25) is 10.0 Å². The average Bonchev–Trinajstić information content (AvgIpc) is 3.03. The number of fused-ring (bicyclic) bond motifs is 1. The van der Waals surface area contributed by atoms with Crippen molar-refractivity contribution in [2.24, 2.45) is 10.2 Å². The Bertz CT molecular complexity index is 1450. The number of rotatable bonds is 7. The number of aliphatic hydroxyl groups is 1. The van der Waals surface area contributed by atoms with Crippen LogP contribution in [-0.4, -0.2) is 49.1 Å². The molecule has 2 heterocycles. The largest absolute Gasteiger partial charge is 0.509 e. The van der Waals surface area contributed by atoms with Crippen molar-refractivity contribution < 1.29 is 27.4 Å². The van der Waals surface area contributed by atoms with Gasteiger partial charge in [0.1, 0.15) is 11.3 Å². The highest BCUT2D eigenvalue weighted by molar-refractivity contribution is 7.92. The molecule has 0 aliphatic carbocycles. The number of nitrogens with zero attached hydrogens (tertiary/aromatic N) is 2. The molecule has 0 fully saturated rings. The fourth-order valence-electron chi connectivity index (χ4n) is 4.57. The number of sulfonamides is 1. The number of benzene rings is 2. The van der Waals surface area contributed by atoms with Crippen LogP contribution in [0.4, 0.5) is 11.4 Å². The molecule has 2 atom stereocenters. The molecule has 3 N–H and O–H groups in total. The fourth-order valence-corrected chi connectivity index (χ4v) is 6.93. The van der Waals surface area contributed by atoms with E-state index in [1.807, 2.05) is 51.1 Å². The molecule has 2 aliphatic rings. The van der Waals surface area contributed by atoms with E-state index < -0.39 is 34.9 Å². The number of anilines is 2. The first-order chi connectivity index (χ1) is 17.2. The number of carbonyl (C=O) groups excluding carboxylic acids is 1. The van der Waals surface area contributed by atoms with Gasteiger partial charge in [-0.3, -0.25) is 14.1 Å². The molecular weight excluding hydrogens is 515 g/mol. The molecule has 2 aliphatic heterocycles. The zero-order chi connectivity index (χ0) is 27.2. The van der Waals surface area contributed by atoms with Crippen molar-refractivity contribution in [3.8, 4) is 0 Å². The molecule has 37 heavy (non-hydrogen) atoms. The molecule has 4 rings (SSSR count). The van der Waals surface area contributed by atoms with E-state index in [1.54, 1.807) is 11.8 Å². The standard InChI is InChI=1S/C25H31N4O6PS/c1-6-35-36(32)19-14-17(28-37(5,33)34)12-13-18(19)26-23(27-36)20-21(30)22(25(2,3)4)29(24(20)31)15-16-10-8-7-9-11-16/h7-14,22,28,30H,6,15H2,1-5H3,(H,26,27,32)/t22-,36?/m1/s1. The molecule has 1 amide bonds. The van der Waals surface area contributed by atoms with Gasteiger partial charge in [-0.2, -0.15) is 4.76 Å². The Morgan fingerprint density at radius 2 is 1.86 bits per heavy atom. The van der Waals surface area contributed by atoms with Crippen molar-refractivity contribution in [3.63, 3.8) is 0 Å². The second kappa shape index (κ2) is 9.63. The van der Waals surface area contributed by atoms with E-state index in [-0.39, 0.29) is 41.3 Å². The minimum absolute atomic E-state index is 0.0552. The number of nitrogens with one attached hydrogen (secondary N) is 2. The highest BCUT2D eigenvalue weighted by Gasteiger charge is 2.48. The smallest absolute Gasteiger partial charge is 0.348 e. The van der Waals surface area contributed by atoms with Crippen LogP contribution >= 0.6 is 7.52 Å². The monoisotopic (exact) mass is 546 g/mol. The van der Waals surface area contributed by atoms with Crippen LogP contribution in [0.25, 0.3) is 0 Å². The average molecular weight is 547 g/mol. The maximum atomic E-state index is 13.9. The predicted molar refractivity (Wildman–Crippen MR) is 145 cm³/mol. The van der Waals surface area contributed by atoms with Crippen molar-refractivity contribution in [2.75, 3.05) is 22.9 Å². The van der Waals surface area contributed by atoms with Crippen LogP contribution in [0.3, 0.4) is 0 Å². The SMILES string of the molecule is CCOP1(=O)N=C(C2=C(O)[C@H](C(C)(C)C)N(Cc3ccccc3)C2=O)Nc2ccc(NS(C)(=O)=O)cc21. The Hall–Kier alpha value is -3.14. The summed E-state index contributed by atoms with van der Waals surface area (Å²) in [7, 11) is -7.50. The Kier molecular flexibility index (Phi) is 7.00. The summed E-state index contributed by atoms with van der Waals surface area (Å²) >= 11 is 0. The molecule has 0 saturated carbocycles. The summed E-state index contributed by atoms with van der Waals surface area (Å²) in [4.78, 5) is 15.3. The molecule has 2 aromatic rings. The van der Waals surface area contributed by atoms with Crippen molar-refractivity contribution in [1.82, 2.24) is 4.90 Å². The van der Waals surface area contributed by atoms with Gasteiger partial charge in [-0.25, -0.2) is 8.42 Å². The summed E-state index contributed by atoms with van der Waals surface area (Å²) in [5, 5.41) is 14.5. The van der Waals surface area contributed by atoms with Crippen LogP contribution in [-0.2, 0) is 30.5 Å². The third-order valence-electron chi connectivity index (χ3n) is 5.95. The summed E-state index contributed by atoms with van der Waals surface area (Å²) in [6, 6.07) is 13.2. The zero-order valence-corrected chi connectivity index (χ0v) is 23.1. The highest BCUT2D eigenvalue weighted by atomic mass is 32.2. The van der Waals surface area contributed by atoms with E-state index in [1.165, 1.54) is 18.2 Å². The topological polar surface area (TPSA) is 137 Å². The number of hydrogen-bond donors (Lipinski definition) is 3. The van der Waals surface area contributed by atoms with Crippen LogP contribution in [0.5, 0.6) is 0 Å². The van der Waals surface area contributed by atoms with Crippen molar-refractivity contribution in [1.29, 1.82) is 0 Å². The van der Waals surface area contributed by atoms with Crippen LogP contribution in [0.2, 0.25) is 0 Å². The molecular formula is C25H31N4O6PS. The van der Waals surface area contributed by atoms with Crippen LogP contribution in [0.15, 0.2) is 64.6 Å². The molecule has 2 aromatic carbocycles. The summed E-state index contributed by atoms with van der Waals surface area (Å²) in [6.45, 7) is 7.76. The first kappa shape index (κ1) is 26.9. The number of carbonyl (C=O) groups is 1. The maximum absolute atomic E-state index is 13.9. The Morgan fingerprint density at radius 1 is 1.19 bits per heavy atom. The molecule has 0 aromatic heterocycles. The van der Waals surface area contributed by atoms with Gasteiger partial charge in [-0.15, -0.1) is 0 Å². The van der Waals surface area contributed by atoms with E-state index >= 15 is 0 Å². The third-order valence-corrected chi connectivity index (χ3v) is 8.61. The minimum Gasteiger partial charge on any atom is -0.509 e. The van der Waals surface area contributed by atoms with E-state index in [4.69, 9.17) is 4.52 Å². The molecule has 0 bridgehead atoms. The Labute approximate surface area is 217 Å². The zero-order valence-electron chi connectivity index (χ0n) is 21.3. The first-order valence-corrected chi connectivity index (χ1v) is 15.2. The highest BCUT2D eigenvalue weighted by Crippen LogP contribution is 2.53. The van der Waals surface area contributed by atoms with Gasteiger partial charge in [-0.05, 0) is 36.1 Å². The molecule has 10 nitrogen and oxygen atoms in total. The van der Waals surface area contributed by atoms with Gasteiger partial charge < -0.3 is 19.8 Å². The third kappa shape index (κ3) is 5.44. The number of amidine groups is 1. The normalized spacial score (nSPS) is 22.0. The summed E-state index contributed by atoms with van der Waals surface area (Å²) in [6.07, 6.45) is 1.01. The first-order valence-electron chi connectivity index (χ1n) is 11.8. The molecule has 198 valence electrons. The van der Waals surface area contributed by atoms with Crippen molar-refractivity contribution >= 4 is 46.0 Å². The van der Waals surface area contributed by atoms with Gasteiger partial charge in [0.15, 0.2) is 5.84 Å². The van der Waals surface area contributed by atoms with Gasteiger partial charge in [-0.1, -0.05) is 51.1 Å². The maximum Gasteiger partial charge on any atom is 0.348 e. The van der Waals surface area contributed by atoms with E-state index in [2.05, 4.69) is 14.8 Å². The Morgan fingerprint density at radius 3 is 2.46 bits per heavy atom. The van der Waals surface area contributed by atoms with E-state index in [0.717, 1.165) is 11.8 Å². The predicted octanol–water partition coefficient (Wildman–Crippen LogP) is 4.01. The molecule has 0 radical (unpaired) electrons. The molecule has 0 saturated heterocycles. The summed E-state index contributed by atoms with van der Waals surface area (Å²) in [5.41, 5.74) is 0.845. The molecule has 1 unspecified atom stereocenters. The van der Waals surface area contributed by atoms with Gasteiger partial charge in [0.05, 0.1) is 29.9 Å². The van der Waals surface area contributed by atoms with Crippen LogP contribution in [0.1, 0.15) is 33.3 Å². The lowest BCUT2D eigenvalue weighted by molar-refractivity contribution is -0.129. The van der Waals surface area contributed by atoms with E-state index in [0.29, 0.717) is 5.69 Å². The summed E-state index contributed by atoms with van der Waals surface area (Å²) < 4.78 is 49.6.